The van der Waals surface area contributed by atoms with Gasteiger partial charge < -0.3 is 5.32 Å². The highest BCUT2D eigenvalue weighted by molar-refractivity contribution is 6.32. The average molecular weight is 369 g/mol. The summed E-state index contributed by atoms with van der Waals surface area (Å²) in [5.41, 5.74) is 0.356. The van der Waals surface area contributed by atoms with E-state index in [1.165, 1.54) is 4.57 Å². The van der Waals surface area contributed by atoms with Crippen molar-refractivity contribution in [1.82, 2.24) is 14.5 Å². The van der Waals surface area contributed by atoms with Crippen molar-refractivity contribution in [2.45, 2.75) is 13.1 Å². The maximum atomic E-state index is 12.5. The minimum atomic E-state index is -4.44. The molecule has 0 amide bonds. The van der Waals surface area contributed by atoms with Crippen molar-refractivity contribution in [3.05, 3.63) is 57.6 Å². The zero-order valence-corrected chi connectivity index (χ0v) is 13.7. The number of nitrogens with one attached hydrogen (secondary N) is 1. The first kappa shape index (κ1) is 17.2. The van der Waals surface area contributed by atoms with Gasteiger partial charge in [0.1, 0.15) is 12.4 Å². The Labute approximate surface area is 145 Å². The van der Waals surface area contributed by atoms with E-state index in [0.29, 0.717) is 16.4 Å². The van der Waals surface area contributed by atoms with Crippen molar-refractivity contribution < 1.29 is 13.2 Å². The summed E-state index contributed by atoms with van der Waals surface area (Å²) < 4.78 is 38.7. The number of alkyl halides is 3. The van der Waals surface area contributed by atoms with Crippen molar-refractivity contribution in [3.63, 3.8) is 0 Å². The van der Waals surface area contributed by atoms with E-state index < -0.39 is 18.4 Å². The molecule has 0 unspecified atom stereocenters. The van der Waals surface area contributed by atoms with Crippen molar-refractivity contribution in [3.8, 4) is 5.69 Å². The van der Waals surface area contributed by atoms with E-state index in [4.69, 9.17) is 11.6 Å². The van der Waals surface area contributed by atoms with Gasteiger partial charge in [-0.25, -0.2) is 14.3 Å². The van der Waals surface area contributed by atoms with Crippen LogP contribution in [0.5, 0.6) is 0 Å². The van der Waals surface area contributed by atoms with E-state index >= 15 is 0 Å². The van der Waals surface area contributed by atoms with E-state index in [-0.39, 0.29) is 16.9 Å². The molecule has 25 heavy (non-hydrogen) atoms. The standard InChI is InChI=1S/C16H12ClF3N4O/c1-9-6-7-10-13(21-8-16(18,19)20)23-15(25)24(14(10)22-9)12-5-3-2-4-11(12)17/h2-7H,8H2,1H3,(H,21,23,25). The Morgan fingerprint density at radius 1 is 1.16 bits per heavy atom. The summed E-state index contributed by atoms with van der Waals surface area (Å²) in [4.78, 5) is 20.5. The third-order valence-electron chi connectivity index (χ3n) is 3.43. The molecule has 0 aliphatic heterocycles. The lowest BCUT2D eigenvalue weighted by Crippen LogP contribution is -2.27. The van der Waals surface area contributed by atoms with Gasteiger partial charge in [0.05, 0.1) is 16.1 Å². The van der Waals surface area contributed by atoms with Gasteiger partial charge in [0.15, 0.2) is 5.65 Å². The smallest absolute Gasteiger partial charge is 0.360 e. The largest absolute Gasteiger partial charge is 0.405 e. The van der Waals surface area contributed by atoms with Crippen LogP contribution in [0.2, 0.25) is 5.02 Å². The summed E-state index contributed by atoms with van der Waals surface area (Å²) in [5.74, 6) is -0.173. The van der Waals surface area contributed by atoms with Crippen LogP contribution < -0.4 is 11.0 Å². The Bertz CT molecular complexity index is 1000. The van der Waals surface area contributed by atoms with Crippen LogP contribution in [0.4, 0.5) is 19.0 Å². The van der Waals surface area contributed by atoms with Crippen LogP contribution in [0.1, 0.15) is 5.69 Å². The predicted molar refractivity (Wildman–Crippen MR) is 89.4 cm³/mol. The lowest BCUT2D eigenvalue weighted by atomic mass is 10.2. The number of pyridine rings is 1. The molecule has 1 N–H and O–H groups in total. The van der Waals surface area contributed by atoms with Gasteiger partial charge in [-0.1, -0.05) is 23.7 Å². The highest BCUT2D eigenvalue weighted by Crippen LogP contribution is 2.25. The summed E-state index contributed by atoms with van der Waals surface area (Å²) in [6.07, 6.45) is -4.44. The molecule has 9 heteroatoms. The normalized spacial score (nSPS) is 11.7. The number of hydrogen-bond donors (Lipinski definition) is 1. The highest BCUT2D eigenvalue weighted by atomic mass is 35.5. The Kier molecular flexibility index (Phi) is 4.38. The number of hydrogen-bond acceptors (Lipinski definition) is 4. The van der Waals surface area contributed by atoms with Crippen molar-refractivity contribution in [1.29, 1.82) is 0 Å². The molecule has 0 atom stereocenters. The van der Waals surface area contributed by atoms with Crippen LogP contribution in [0.15, 0.2) is 41.2 Å². The molecule has 2 heterocycles. The highest BCUT2D eigenvalue weighted by Gasteiger charge is 2.27. The molecule has 0 bridgehead atoms. The molecule has 0 saturated carbocycles. The molecule has 0 saturated heterocycles. The minimum Gasteiger partial charge on any atom is -0.360 e. The van der Waals surface area contributed by atoms with Gasteiger partial charge in [-0.2, -0.15) is 18.2 Å². The van der Waals surface area contributed by atoms with E-state index in [9.17, 15) is 18.0 Å². The summed E-state index contributed by atoms with van der Waals surface area (Å²) in [6, 6.07) is 9.79. The molecule has 3 rings (SSSR count). The lowest BCUT2D eigenvalue weighted by molar-refractivity contribution is -0.115. The van der Waals surface area contributed by atoms with Crippen molar-refractivity contribution in [2.75, 3.05) is 11.9 Å². The van der Waals surface area contributed by atoms with Crippen LogP contribution in [0.25, 0.3) is 16.7 Å². The second-order valence-electron chi connectivity index (χ2n) is 5.32. The van der Waals surface area contributed by atoms with Crippen LogP contribution in [-0.4, -0.2) is 27.3 Å². The van der Waals surface area contributed by atoms with Crippen molar-refractivity contribution in [2.24, 2.45) is 0 Å². The molecule has 3 aromatic rings. The Hall–Kier alpha value is -2.61. The molecule has 1 aromatic carbocycles. The molecule has 0 fully saturated rings. The van der Waals surface area contributed by atoms with Gasteiger partial charge in [-0.3, -0.25) is 0 Å². The molecule has 0 aliphatic rings. The zero-order chi connectivity index (χ0) is 18.2. The number of anilines is 1. The first-order valence-electron chi connectivity index (χ1n) is 7.22. The topological polar surface area (TPSA) is 59.8 Å². The Morgan fingerprint density at radius 2 is 1.88 bits per heavy atom. The fourth-order valence-corrected chi connectivity index (χ4v) is 2.58. The monoisotopic (exact) mass is 368 g/mol. The number of para-hydroxylation sites is 1. The zero-order valence-electron chi connectivity index (χ0n) is 12.9. The second-order valence-corrected chi connectivity index (χ2v) is 5.73. The minimum absolute atomic E-state index is 0.173. The van der Waals surface area contributed by atoms with Crippen LogP contribution >= 0.6 is 11.6 Å². The predicted octanol–water partition coefficient (Wildman–Crippen LogP) is 3.72. The number of benzene rings is 1. The number of aromatic nitrogens is 3. The Morgan fingerprint density at radius 3 is 2.56 bits per heavy atom. The third-order valence-corrected chi connectivity index (χ3v) is 3.75. The number of halogens is 4. The molecule has 5 nitrogen and oxygen atoms in total. The molecule has 2 aromatic heterocycles. The van der Waals surface area contributed by atoms with E-state index in [2.05, 4.69) is 15.3 Å². The van der Waals surface area contributed by atoms with Gasteiger partial charge in [-0.15, -0.1) is 0 Å². The van der Waals surface area contributed by atoms with Crippen LogP contribution in [-0.2, 0) is 0 Å². The quantitative estimate of drug-likeness (QED) is 0.765. The number of nitrogens with zero attached hydrogens (tertiary/aromatic N) is 3. The molecular formula is C16H12ClF3N4O. The fraction of sp³-hybridized carbons (Fsp3) is 0.188. The fourth-order valence-electron chi connectivity index (χ4n) is 2.36. The van der Waals surface area contributed by atoms with Gasteiger partial charge in [0.25, 0.3) is 0 Å². The molecule has 0 spiro atoms. The molecule has 130 valence electrons. The van der Waals surface area contributed by atoms with Crippen LogP contribution in [0, 0.1) is 6.92 Å². The summed E-state index contributed by atoms with van der Waals surface area (Å²) in [5, 5.41) is 2.74. The van der Waals surface area contributed by atoms with Crippen molar-refractivity contribution >= 4 is 28.5 Å². The first-order valence-corrected chi connectivity index (χ1v) is 7.60. The molecular weight excluding hydrogens is 357 g/mol. The Balaban J connectivity index is 2.27. The van der Waals surface area contributed by atoms with Gasteiger partial charge in [0.2, 0.25) is 0 Å². The summed E-state index contributed by atoms with van der Waals surface area (Å²) in [7, 11) is 0. The maximum absolute atomic E-state index is 12.5. The van der Waals surface area contributed by atoms with E-state index in [1.54, 1.807) is 43.3 Å². The van der Waals surface area contributed by atoms with E-state index in [1.807, 2.05) is 0 Å². The first-order chi connectivity index (χ1) is 11.8. The third kappa shape index (κ3) is 3.58. The number of rotatable bonds is 3. The average Bonchev–Trinajstić information content (AvgIpc) is 2.53. The molecule has 0 aliphatic carbocycles. The van der Waals surface area contributed by atoms with Crippen LogP contribution in [0.3, 0.4) is 0 Å². The summed E-state index contributed by atoms with van der Waals surface area (Å²) in [6.45, 7) is 0.405. The van der Waals surface area contributed by atoms with Gasteiger partial charge in [-0.05, 0) is 31.2 Å². The number of aryl methyl sites for hydroxylation is 1. The number of fused-ring (bicyclic) bond motifs is 1. The SMILES string of the molecule is Cc1ccc2c(NCC(F)(F)F)nc(=O)n(-c3ccccc3Cl)c2n1. The summed E-state index contributed by atoms with van der Waals surface area (Å²) >= 11 is 6.15. The second kappa shape index (κ2) is 6.36. The lowest BCUT2D eigenvalue weighted by Gasteiger charge is -2.15. The molecule has 0 radical (unpaired) electrons. The van der Waals surface area contributed by atoms with E-state index in [0.717, 1.165) is 0 Å². The van der Waals surface area contributed by atoms with Gasteiger partial charge >= 0.3 is 11.9 Å². The maximum Gasteiger partial charge on any atom is 0.405 e. The van der Waals surface area contributed by atoms with Gasteiger partial charge in [0, 0.05) is 5.69 Å².